The molecule has 0 saturated carbocycles. The molecule has 0 bridgehead atoms. The third-order valence-electron chi connectivity index (χ3n) is 3.18. The Balaban J connectivity index is 1.73. The number of rotatable bonds is 6. The Morgan fingerprint density at radius 3 is 2.76 bits per heavy atom. The largest absolute Gasteiger partial charge is 0.497 e. The zero-order chi connectivity index (χ0) is 15.1. The van der Waals surface area contributed by atoms with E-state index in [1.165, 1.54) is 0 Å². The molecule has 1 aromatic carbocycles. The van der Waals surface area contributed by atoms with Crippen LogP contribution in [-0.2, 0) is 9.53 Å². The number of ether oxygens (including phenoxy) is 3. The van der Waals surface area contributed by atoms with Crippen molar-refractivity contribution < 1.29 is 19.0 Å². The van der Waals surface area contributed by atoms with E-state index in [0.717, 1.165) is 18.0 Å². The molecule has 1 fully saturated rings. The molecular formula is C15H22N2O4. The molecule has 6 nitrogen and oxygen atoms in total. The predicted octanol–water partition coefficient (Wildman–Crippen LogP) is 0.567. The maximum absolute atomic E-state index is 11.9. The van der Waals surface area contributed by atoms with Gasteiger partial charge < -0.3 is 24.8 Å². The monoisotopic (exact) mass is 294 g/mol. The summed E-state index contributed by atoms with van der Waals surface area (Å²) < 4.78 is 16.2. The maximum atomic E-state index is 11.9. The highest BCUT2D eigenvalue weighted by Crippen LogP contribution is 2.17. The lowest BCUT2D eigenvalue weighted by Crippen LogP contribution is -2.49. The van der Waals surface area contributed by atoms with Crippen LogP contribution in [0, 0.1) is 0 Å². The third kappa shape index (κ3) is 4.91. The zero-order valence-electron chi connectivity index (χ0n) is 12.4. The minimum atomic E-state index is -0.410. The number of amides is 1. The maximum Gasteiger partial charge on any atom is 0.250 e. The molecule has 1 aromatic rings. The third-order valence-corrected chi connectivity index (χ3v) is 3.18. The van der Waals surface area contributed by atoms with Gasteiger partial charge >= 0.3 is 0 Å². The number of carbonyl (C=O) groups is 1. The minimum absolute atomic E-state index is 0.104. The van der Waals surface area contributed by atoms with E-state index in [-0.39, 0.29) is 12.0 Å². The lowest BCUT2D eigenvalue weighted by molar-refractivity contribution is -0.134. The average Bonchev–Trinajstić information content (AvgIpc) is 2.54. The van der Waals surface area contributed by atoms with Crippen molar-refractivity contribution in [2.75, 3.05) is 33.4 Å². The SMILES string of the molecule is COc1ccc(OC(C)CNC(=O)C2CNCCO2)cc1. The molecule has 0 radical (unpaired) electrons. The molecule has 2 rings (SSSR count). The molecule has 2 unspecified atom stereocenters. The number of nitrogens with one attached hydrogen (secondary N) is 2. The van der Waals surface area contributed by atoms with E-state index in [4.69, 9.17) is 14.2 Å². The molecule has 1 heterocycles. The fourth-order valence-corrected chi connectivity index (χ4v) is 2.02. The van der Waals surface area contributed by atoms with Gasteiger partial charge in [-0.3, -0.25) is 4.79 Å². The van der Waals surface area contributed by atoms with Gasteiger partial charge in [-0.25, -0.2) is 0 Å². The Labute approximate surface area is 124 Å². The van der Waals surface area contributed by atoms with Crippen molar-refractivity contribution in [3.63, 3.8) is 0 Å². The van der Waals surface area contributed by atoms with Crippen molar-refractivity contribution in [1.82, 2.24) is 10.6 Å². The summed E-state index contributed by atoms with van der Waals surface area (Å²) in [5.41, 5.74) is 0. The summed E-state index contributed by atoms with van der Waals surface area (Å²) in [5.74, 6) is 1.42. The van der Waals surface area contributed by atoms with Crippen molar-refractivity contribution in [2.24, 2.45) is 0 Å². The Bertz CT molecular complexity index is 443. The average molecular weight is 294 g/mol. The molecule has 1 aliphatic rings. The molecule has 0 spiro atoms. The van der Waals surface area contributed by atoms with E-state index < -0.39 is 6.10 Å². The van der Waals surface area contributed by atoms with Gasteiger partial charge in [0, 0.05) is 13.1 Å². The Morgan fingerprint density at radius 1 is 1.43 bits per heavy atom. The Morgan fingerprint density at radius 2 is 2.14 bits per heavy atom. The van der Waals surface area contributed by atoms with Crippen LogP contribution in [0.25, 0.3) is 0 Å². The van der Waals surface area contributed by atoms with Crippen molar-refractivity contribution >= 4 is 5.91 Å². The second kappa shape index (κ2) is 7.85. The lowest BCUT2D eigenvalue weighted by atomic mass is 10.2. The van der Waals surface area contributed by atoms with E-state index in [0.29, 0.717) is 19.7 Å². The van der Waals surface area contributed by atoms with Crippen molar-refractivity contribution in [3.05, 3.63) is 24.3 Å². The van der Waals surface area contributed by atoms with Crippen LogP contribution in [-0.4, -0.2) is 51.5 Å². The number of benzene rings is 1. The second-order valence-corrected chi connectivity index (χ2v) is 4.91. The molecule has 21 heavy (non-hydrogen) atoms. The summed E-state index contributed by atoms with van der Waals surface area (Å²) in [4.78, 5) is 11.9. The molecule has 1 amide bonds. The highest BCUT2D eigenvalue weighted by Gasteiger charge is 2.21. The highest BCUT2D eigenvalue weighted by atomic mass is 16.5. The van der Waals surface area contributed by atoms with Crippen molar-refractivity contribution in [1.29, 1.82) is 0 Å². The van der Waals surface area contributed by atoms with Gasteiger partial charge in [0.1, 0.15) is 23.7 Å². The topological polar surface area (TPSA) is 68.8 Å². The molecule has 2 atom stereocenters. The van der Waals surface area contributed by atoms with Crippen LogP contribution >= 0.6 is 0 Å². The van der Waals surface area contributed by atoms with Crippen molar-refractivity contribution in [2.45, 2.75) is 19.1 Å². The van der Waals surface area contributed by atoms with Crippen molar-refractivity contribution in [3.8, 4) is 11.5 Å². The van der Waals surface area contributed by atoms with Gasteiger partial charge in [-0.15, -0.1) is 0 Å². The first-order valence-corrected chi connectivity index (χ1v) is 7.10. The van der Waals surface area contributed by atoms with Gasteiger partial charge in [-0.05, 0) is 31.2 Å². The summed E-state index contributed by atoms with van der Waals surface area (Å²) in [6.45, 7) is 4.26. The fraction of sp³-hybridized carbons (Fsp3) is 0.533. The van der Waals surface area contributed by atoms with Crippen LogP contribution in [0.2, 0.25) is 0 Å². The van der Waals surface area contributed by atoms with Gasteiger partial charge in [0.15, 0.2) is 0 Å². The number of methoxy groups -OCH3 is 1. The van der Waals surface area contributed by atoms with Crippen LogP contribution in [0.5, 0.6) is 11.5 Å². The number of hydrogen-bond donors (Lipinski definition) is 2. The number of morpholine rings is 1. The fourth-order valence-electron chi connectivity index (χ4n) is 2.02. The van der Waals surface area contributed by atoms with Gasteiger partial charge in [0.05, 0.1) is 20.3 Å². The van der Waals surface area contributed by atoms with Gasteiger partial charge in [0.25, 0.3) is 5.91 Å². The highest BCUT2D eigenvalue weighted by molar-refractivity contribution is 5.81. The van der Waals surface area contributed by atoms with Crippen LogP contribution in [0.3, 0.4) is 0 Å². The normalized spacial score (nSPS) is 19.6. The smallest absolute Gasteiger partial charge is 0.250 e. The molecule has 1 aliphatic heterocycles. The molecule has 116 valence electrons. The quantitative estimate of drug-likeness (QED) is 0.803. The molecular weight excluding hydrogens is 272 g/mol. The minimum Gasteiger partial charge on any atom is -0.497 e. The lowest BCUT2D eigenvalue weighted by Gasteiger charge is -2.23. The van der Waals surface area contributed by atoms with Crippen LogP contribution < -0.4 is 20.1 Å². The summed E-state index contributed by atoms with van der Waals surface area (Å²) in [6.07, 6.45) is -0.536. The first-order chi connectivity index (χ1) is 10.2. The van der Waals surface area contributed by atoms with E-state index in [1.807, 2.05) is 31.2 Å². The molecule has 0 aromatic heterocycles. The van der Waals surface area contributed by atoms with E-state index >= 15 is 0 Å². The second-order valence-electron chi connectivity index (χ2n) is 4.91. The molecule has 0 aliphatic carbocycles. The molecule has 6 heteroatoms. The number of carbonyl (C=O) groups excluding carboxylic acids is 1. The first kappa shape index (κ1) is 15.6. The summed E-state index contributed by atoms with van der Waals surface area (Å²) in [6, 6.07) is 7.35. The number of hydrogen-bond acceptors (Lipinski definition) is 5. The van der Waals surface area contributed by atoms with Gasteiger partial charge in [-0.1, -0.05) is 0 Å². The van der Waals surface area contributed by atoms with E-state index in [9.17, 15) is 4.79 Å². The molecule has 2 N–H and O–H groups in total. The van der Waals surface area contributed by atoms with Crippen LogP contribution in [0.15, 0.2) is 24.3 Å². The summed E-state index contributed by atoms with van der Waals surface area (Å²) in [5, 5.41) is 5.97. The predicted molar refractivity (Wildman–Crippen MR) is 78.7 cm³/mol. The van der Waals surface area contributed by atoms with Gasteiger partial charge in [-0.2, -0.15) is 0 Å². The summed E-state index contributed by atoms with van der Waals surface area (Å²) in [7, 11) is 1.62. The van der Waals surface area contributed by atoms with E-state index in [2.05, 4.69) is 10.6 Å². The van der Waals surface area contributed by atoms with Gasteiger partial charge in [0.2, 0.25) is 0 Å². The Kier molecular flexibility index (Phi) is 5.83. The standard InChI is InChI=1S/C15H22N2O4/c1-11(21-13-5-3-12(19-2)4-6-13)9-17-15(18)14-10-16-7-8-20-14/h3-6,11,14,16H,7-10H2,1-2H3,(H,17,18). The zero-order valence-corrected chi connectivity index (χ0v) is 12.4. The van der Waals surface area contributed by atoms with E-state index in [1.54, 1.807) is 7.11 Å². The van der Waals surface area contributed by atoms with Crippen LogP contribution in [0.4, 0.5) is 0 Å². The van der Waals surface area contributed by atoms with Crippen LogP contribution in [0.1, 0.15) is 6.92 Å². The molecule has 1 saturated heterocycles. The first-order valence-electron chi connectivity index (χ1n) is 7.10. The summed E-state index contributed by atoms with van der Waals surface area (Å²) >= 11 is 0. The Hall–Kier alpha value is -1.79.